The van der Waals surface area contributed by atoms with Crippen molar-refractivity contribution in [1.82, 2.24) is 4.90 Å². The van der Waals surface area contributed by atoms with E-state index in [1.807, 2.05) is 18.2 Å². The number of fused-ring (bicyclic) bond motifs is 1. The first-order valence-corrected chi connectivity index (χ1v) is 13.5. The fourth-order valence-corrected chi connectivity index (χ4v) is 6.45. The van der Waals surface area contributed by atoms with Crippen LogP contribution in [0.4, 0.5) is 5.69 Å². The van der Waals surface area contributed by atoms with Gasteiger partial charge in [-0.2, -0.15) is 0 Å². The van der Waals surface area contributed by atoms with E-state index in [0.717, 1.165) is 24.2 Å². The second-order valence-corrected chi connectivity index (χ2v) is 12.0. The number of nitrogens with zero attached hydrogens (tertiary/aromatic N) is 1. The van der Waals surface area contributed by atoms with Crippen molar-refractivity contribution in [3.8, 4) is 0 Å². The number of carbonyl (C=O) groups is 2. The van der Waals surface area contributed by atoms with Gasteiger partial charge in [-0.25, -0.2) is 8.42 Å². The predicted octanol–water partition coefficient (Wildman–Crippen LogP) is 3.76. The van der Waals surface area contributed by atoms with Crippen LogP contribution in [0.2, 0.25) is 0 Å². The Labute approximate surface area is 193 Å². The Kier molecular flexibility index (Phi) is 6.90. The number of hydrogen-bond donors (Lipinski definition) is 1. The van der Waals surface area contributed by atoms with Crippen LogP contribution in [-0.4, -0.2) is 49.2 Å². The molecule has 1 saturated heterocycles. The van der Waals surface area contributed by atoms with Crippen molar-refractivity contribution >= 4 is 39.1 Å². The average molecular weight is 473 g/mol. The number of amides is 2. The molecule has 4 rings (SSSR count). The van der Waals surface area contributed by atoms with E-state index in [-0.39, 0.29) is 23.1 Å². The zero-order valence-corrected chi connectivity index (χ0v) is 19.8. The zero-order valence-electron chi connectivity index (χ0n) is 18.1. The van der Waals surface area contributed by atoms with E-state index in [0.29, 0.717) is 30.4 Å². The first-order valence-electron chi connectivity index (χ1n) is 10.9. The number of likely N-dealkylation sites (tertiary alicyclic amines) is 1. The summed E-state index contributed by atoms with van der Waals surface area (Å²) in [7, 11) is -3.68. The van der Waals surface area contributed by atoms with Gasteiger partial charge in [0, 0.05) is 24.4 Å². The molecule has 8 heteroatoms. The molecule has 0 aliphatic carbocycles. The lowest BCUT2D eigenvalue weighted by Gasteiger charge is -2.32. The number of carbonyl (C=O) groups excluding carboxylic acids is 2. The van der Waals surface area contributed by atoms with E-state index >= 15 is 0 Å². The number of nitrogens with one attached hydrogen (secondary N) is 1. The van der Waals surface area contributed by atoms with Crippen LogP contribution in [-0.2, 0) is 25.8 Å². The summed E-state index contributed by atoms with van der Waals surface area (Å²) < 4.78 is 26.2. The van der Waals surface area contributed by atoms with Gasteiger partial charge in [-0.15, -0.1) is 11.8 Å². The summed E-state index contributed by atoms with van der Waals surface area (Å²) in [5.41, 5.74) is 1.84. The fraction of sp³-hybridized carbons (Fsp3) is 0.417. The third-order valence-electron chi connectivity index (χ3n) is 6.24. The van der Waals surface area contributed by atoms with E-state index in [4.69, 9.17) is 0 Å². The number of benzene rings is 2. The second kappa shape index (κ2) is 9.67. The number of thioether (sulfide) groups is 1. The van der Waals surface area contributed by atoms with Crippen LogP contribution in [0, 0.1) is 5.92 Å². The van der Waals surface area contributed by atoms with E-state index in [1.165, 1.54) is 23.4 Å². The topological polar surface area (TPSA) is 83.6 Å². The molecular formula is C24H28N2O4S2. The van der Waals surface area contributed by atoms with Crippen LogP contribution in [0.25, 0.3) is 0 Å². The van der Waals surface area contributed by atoms with E-state index in [2.05, 4.69) is 17.4 Å². The van der Waals surface area contributed by atoms with Crippen LogP contribution in [0.3, 0.4) is 0 Å². The Hall–Kier alpha value is -2.32. The second-order valence-electron chi connectivity index (χ2n) is 8.57. The lowest BCUT2D eigenvalue weighted by Crippen LogP contribution is -2.40. The maximum atomic E-state index is 13.1. The van der Waals surface area contributed by atoms with Gasteiger partial charge in [0.15, 0.2) is 9.84 Å². The van der Waals surface area contributed by atoms with Crippen molar-refractivity contribution in [3.05, 3.63) is 54.1 Å². The van der Waals surface area contributed by atoms with Gasteiger partial charge in [0.1, 0.15) is 0 Å². The van der Waals surface area contributed by atoms with Crippen LogP contribution < -0.4 is 5.32 Å². The Morgan fingerprint density at radius 1 is 1.16 bits per heavy atom. The molecule has 2 aliphatic heterocycles. The first kappa shape index (κ1) is 22.9. The minimum absolute atomic E-state index is 0.0378. The molecule has 1 atom stereocenters. The van der Waals surface area contributed by atoms with Crippen molar-refractivity contribution in [1.29, 1.82) is 0 Å². The molecule has 2 aromatic rings. The van der Waals surface area contributed by atoms with Crippen molar-refractivity contribution < 1.29 is 18.0 Å². The third-order valence-corrected chi connectivity index (χ3v) is 9.45. The smallest absolute Gasteiger partial charge is 0.234 e. The molecule has 0 saturated carbocycles. The molecule has 0 radical (unpaired) electrons. The summed E-state index contributed by atoms with van der Waals surface area (Å²) in [6, 6.07) is 15.2. The maximum Gasteiger partial charge on any atom is 0.234 e. The molecule has 2 aromatic carbocycles. The zero-order chi connectivity index (χ0) is 22.7. The summed E-state index contributed by atoms with van der Waals surface area (Å²) >= 11 is 1.39. The quantitative estimate of drug-likeness (QED) is 0.692. The molecule has 1 fully saturated rings. The summed E-state index contributed by atoms with van der Waals surface area (Å²) in [4.78, 5) is 27.3. The van der Waals surface area contributed by atoms with Crippen LogP contribution in [0.5, 0.6) is 0 Å². The van der Waals surface area contributed by atoms with Gasteiger partial charge in [-0.1, -0.05) is 30.3 Å². The molecule has 2 aliphatic rings. The van der Waals surface area contributed by atoms with Crippen molar-refractivity contribution in [2.24, 2.45) is 5.92 Å². The highest BCUT2D eigenvalue weighted by Crippen LogP contribution is 2.34. The minimum atomic E-state index is -3.68. The molecule has 0 spiro atoms. The molecule has 1 N–H and O–H groups in total. The average Bonchev–Trinajstić information content (AvgIpc) is 2.79. The Morgan fingerprint density at radius 2 is 1.88 bits per heavy atom. The van der Waals surface area contributed by atoms with Gasteiger partial charge in [0.05, 0.1) is 21.6 Å². The lowest BCUT2D eigenvalue weighted by atomic mass is 9.90. The molecule has 2 amide bonds. The molecule has 0 bridgehead atoms. The fourth-order valence-electron chi connectivity index (χ4n) is 4.29. The number of piperidine rings is 1. The lowest BCUT2D eigenvalue weighted by molar-refractivity contribution is -0.132. The summed E-state index contributed by atoms with van der Waals surface area (Å²) in [6.07, 6.45) is 2.85. The SMILES string of the molecule is CC(CC(=O)N1CCC(Cc2ccccc2)CC1)S(=O)(=O)c1ccc2c(c1)NC(=O)CS2. The van der Waals surface area contributed by atoms with Crippen LogP contribution in [0.1, 0.15) is 31.7 Å². The van der Waals surface area contributed by atoms with Crippen molar-refractivity contribution in [2.75, 3.05) is 24.2 Å². The normalized spacial score (nSPS) is 18.0. The van der Waals surface area contributed by atoms with E-state index in [1.54, 1.807) is 24.0 Å². The van der Waals surface area contributed by atoms with Gasteiger partial charge in [0.2, 0.25) is 11.8 Å². The molecule has 32 heavy (non-hydrogen) atoms. The standard InChI is InChI=1S/C24H28N2O4S2/c1-17(32(29,30)20-7-8-22-21(15-20)25-23(27)16-31-22)13-24(28)26-11-9-19(10-12-26)14-18-5-3-2-4-6-18/h2-8,15,17,19H,9-14,16H2,1H3,(H,25,27). The molecule has 2 heterocycles. The minimum Gasteiger partial charge on any atom is -0.343 e. The predicted molar refractivity (Wildman–Crippen MR) is 127 cm³/mol. The highest BCUT2D eigenvalue weighted by Gasteiger charge is 2.30. The first-order chi connectivity index (χ1) is 15.3. The van der Waals surface area contributed by atoms with E-state index in [9.17, 15) is 18.0 Å². The van der Waals surface area contributed by atoms with Crippen LogP contribution in [0.15, 0.2) is 58.3 Å². The molecule has 6 nitrogen and oxygen atoms in total. The van der Waals surface area contributed by atoms with Crippen molar-refractivity contribution in [3.63, 3.8) is 0 Å². The molecule has 1 unspecified atom stereocenters. The highest BCUT2D eigenvalue weighted by atomic mass is 32.2. The van der Waals surface area contributed by atoms with Gasteiger partial charge in [-0.3, -0.25) is 9.59 Å². The number of hydrogen-bond acceptors (Lipinski definition) is 5. The Morgan fingerprint density at radius 3 is 2.59 bits per heavy atom. The number of anilines is 1. The molecule has 170 valence electrons. The van der Waals surface area contributed by atoms with Gasteiger partial charge >= 0.3 is 0 Å². The summed E-state index contributed by atoms with van der Waals surface area (Å²) in [6.45, 7) is 2.93. The molecule has 0 aromatic heterocycles. The summed E-state index contributed by atoms with van der Waals surface area (Å²) in [5, 5.41) is 1.89. The third kappa shape index (κ3) is 5.18. The number of sulfone groups is 1. The Bertz CT molecular complexity index is 1090. The van der Waals surface area contributed by atoms with Crippen molar-refractivity contribution in [2.45, 2.75) is 47.6 Å². The summed E-state index contributed by atoms with van der Waals surface area (Å²) in [5.74, 6) is 0.620. The molecular weight excluding hydrogens is 444 g/mol. The van der Waals surface area contributed by atoms with E-state index < -0.39 is 15.1 Å². The Balaban J connectivity index is 1.34. The van der Waals surface area contributed by atoms with Gasteiger partial charge in [-0.05, 0) is 55.9 Å². The van der Waals surface area contributed by atoms with Crippen LogP contribution >= 0.6 is 11.8 Å². The largest absolute Gasteiger partial charge is 0.343 e. The number of rotatable bonds is 6. The maximum absolute atomic E-state index is 13.1. The monoisotopic (exact) mass is 472 g/mol. The highest BCUT2D eigenvalue weighted by molar-refractivity contribution is 8.00. The van der Waals surface area contributed by atoms with Gasteiger partial charge < -0.3 is 10.2 Å². The van der Waals surface area contributed by atoms with Gasteiger partial charge in [0.25, 0.3) is 0 Å².